The minimum atomic E-state index is -0.0418. The minimum absolute atomic E-state index is 0.0130. The number of benzene rings is 2. The highest BCUT2D eigenvalue weighted by molar-refractivity contribution is 8.13. The first-order valence-electron chi connectivity index (χ1n) is 7.44. The fourth-order valence-corrected chi connectivity index (χ4v) is 2.43. The molecule has 0 aromatic heterocycles. The lowest BCUT2D eigenvalue weighted by molar-refractivity contribution is 0.103. The van der Waals surface area contributed by atoms with Crippen LogP contribution in [0, 0.1) is 0 Å². The van der Waals surface area contributed by atoms with Crippen molar-refractivity contribution >= 4 is 22.8 Å². The Hall–Kier alpha value is -2.27. The summed E-state index contributed by atoms with van der Waals surface area (Å²) in [5.41, 5.74) is 1.29. The Morgan fingerprint density at radius 2 is 1.65 bits per heavy atom. The van der Waals surface area contributed by atoms with E-state index in [4.69, 9.17) is 4.74 Å². The maximum atomic E-state index is 12.3. The van der Waals surface area contributed by atoms with Crippen molar-refractivity contribution < 1.29 is 14.3 Å². The fraction of sp³-hybridized carbons (Fsp3) is 0.222. The Labute approximate surface area is 140 Å². The summed E-state index contributed by atoms with van der Waals surface area (Å²) in [6, 6.07) is 16.2. The molecule has 2 aromatic rings. The zero-order chi connectivity index (χ0) is 16.5. The van der Waals surface area contributed by atoms with E-state index in [1.807, 2.05) is 25.1 Å². The van der Waals surface area contributed by atoms with Crippen LogP contribution in [0.5, 0.6) is 5.75 Å². The van der Waals surface area contributed by atoms with Crippen LogP contribution in [-0.4, -0.2) is 29.9 Å². The number of hydrogen-bond donors (Lipinski definition) is 1. The van der Waals surface area contributed by atoms with Crippen molar-refractivity contribution in [2.24, 2.45) is 0 Å². The van der Waals surface area contributed by atoms with Gasteiger partial charge in [0.05, 0.1) is 6.54 Å². The van der Waals surface area contributed by atoms with Gasteiger partial charge >= 0.3 is 0 Å². The Balaban J connectivity index is 1.83. The van der Waals surface area contributed by atoms with E-state index in [1.54, 1.807) is 36.4 Å². The van der Waals surface area contributed by atoms with E-state index in [1.165, 1.54) is 11.8 Å². The lowest BCUT2D eigenvalue weighted by atomic mass is 10.0. The summed E-state index contributed by atoms with van der Waals surface area (Å²) >= 11 is 1.24. The maximum absolute atomic E-state index is 12.3. The van der Waals surface area contributed by atoms with Crippen molar-refractivity contribution in [3.05, 3.63) is 65.7 Å². The lowest BCUT2D eigenvalue weighted by Gasteiger charge is -2.08. The van der Waals surface area contributed by atoms with Crippen molar-refractivity contribution in [3.63, 3.8) is 0 Å². The first-order valence-corrected chi connectivity index (χ1v) is 8.42. The standard InChI is InChI=1S/C18H19NO3S/c1-2-23-18(21)19-12-13-22-16-10-8-15(9-11-16)17(20)14-6-4-3-5-7-14/h3-11H,2,12-13H2,1H3,(H,19,21). The highest BCUT2D eigenvalue weighted by Crippen LogP contribution is 2.15. The molecule has 2 rings (SSSR count). The van der Waals surface area contributed by atoms with Crippen LogP contribution >= 0.6 is 11.8 Å². The Kier molecular flexibility index (Phi) is 6.69. The maximum Gasteiger partial charge on any atom is 0.279 e. The van der Waals surface area contributed by atoms with E-state index in [0.717, 1.165) is 5.75 Å². The van der Waals surface area contributed by atoms with Crippen LogP contribution in [0.2, 0.25) is 0 Å². The van der Waals surface area contributed by atoms with Crippen molar-refractivity contribution in [1.82, 2.24) is 5.32 Å². The van der Waals surface area contributed by atoms with E-state index < -0.39 is 0 Å². The summed E-state index contributed by atoms with van der Waals surface area (Å²) in [4.78, 5) is 23.5. The Morgan fingerprint density at radius 1 is 1.00 bits per heavy atom. The molecule has 1 N–H and O–H groups in total. The summed E-state index contributed by atoms with van der Waals surface area (Å²) in [6.07, 6.45) is 0. The molecule has 4 nitrogen and oxygen atoms in total. The molecular weight excluding hydrogens is 310 g/mol. The predicted octanol–water partition coefficient (Wildman–Crippen LogP) is 3.76. The molecule has 0 aliphatic rings. The second-order valence-electron chi connectivity index (χ2n) is 4.72. The fourth-order valence-electron chi connectivity index (χ4n) is 1.96. The van der Waals surface area contributed by atoms with Gasteiger partial charge in [0, 0.05) is 11.1 Å². The van der Waals surface area contributed by atoms with Gasteiger partial charge in [0.1, 0.15) is 12.4 Å². The number of amides is 1. The van der Waals surface area contributed by atoms with Crippen LogP contribution in [0.3, 0.4) is 0 Å². The monoisotopic (exact) mass is 329 g/mol. The normalized spacial score (nSPS) is 10.1. The van der Waals surface area contributed by atoms with Crippen molar-refractivity contribution in [2.45, 2.75) is 6.92 Å². The summed E-state index contributed by atoms with van der Waals surface area (Å²) < 4.78 is 5.54. The summed E-state index contributed by atoms with van der Waals surface area (Å²) in [5.74, 6) is 1.41. The molecule has 1 amide bonds. The van der Waals surface area contributed by atoms with E-state index in [-0.39, 0.29) is 11.0 Å². The zero-order valence-electron chi connectivity index (χ0n) is 13.0. The van der Waals surface area contributed by atoms with E-state index in [0.29, 0.717) is 30.0 Å². The van der Waals surface area contributed by atoms with Gasteiger partial charge in [0.2, 0.25) is 0 Å². The first kappa shape index (κ1) is 17.1. The van der Waals surface area contributed by atoms with Crippen LogP contribution in [0.15, 0.2) is 54.6 Å². The minimum Gasteiger partial charge on any atom is -0.492 e. The zero-order valence-corrected chi connectivity index (χ0v) is 13.8. The van der Waals surface area contributed by atoms with Crippen molar-refractivity contribution in [2.75, 3.05) is 18.9 Å². The van der Waals surface area contributed by atoms with Crippen LogP contribution < -0.4 is 10.1 Å². The summed E-state index contributed by atoms with van der Waals surface area (Å²) in [5, 5.41) is 2.71. The van der Waals surface area contributed by atoms with E-state index >= 15 is 0 Å². The third-order valence-electron chi connectivity index (χ3n) is 3.07. The van der Waals surface area contributed by atoms with Crippen LogP contribution in [-0.2, 0) is 0 Å². The van der Waals surface area contributed by atoms with Gasteiger partial charge in [-0.2, -0.15) is 0 Å². The quantitative estimate of drug-likeness (QED) is 0.621. The van der Waals surface area contributed by atoms with Crippen LogP contribution in [0.25, 0.3) is 0 Å². The molecule has 0 spiro atoms. The largest absolute Gasteiger partial charge is 0.492 e. The molecule has 0 aliphatic carbocycles. The Morgan fingerprint density at radius 3 is 2.30 bits per heavy atom. The van der Waals surface area contributed by atoms with Gasteiger partial charge in [0.15, 0.2) is 5.78 Å². The van der Waals surface area contributed by atoms with E-state index in [2.05, 4.69) is 5.32 Å². The SMILES string of the molecule is CCSC(=O)NCCOc1ccc(C(=O)c2ccccc2)cc1. The van der Waals surface area contributed by atoms with Gasteiger partial charge in [-0.05, 0) is 30.0 Å². The number of rotatable bonds is 7. The number of nitrogens with one attached hydrogen (secondary N) is 1. The van der Waals surface area contributed by atoms with Gasteiger partial charge in [-0.3, -0.25) is 9.59 Å². The summed E-state index contributed by atoms with van der Waals surface area (Å²) in [6.45, 7) is 2.78. The Bertz CT molecular complexity index is 641. The third-order valence-corrected chi connectivity index (χ3v) is 3.76. The number of carbonyl (C=O) groups is 2. The molecule has 0 fully saturated rings. The van der Waals surface area contributed by atoms with Crippen LogP contribution in [0.4, 0.5) is 4.79 Å². The number of ketones is 1. The molecule has 0 unspecified atom stereocenters. The number of thioether (sulfide) groups is 1. The van der Waals surface area contributed by atoms with Gasteiger partial charge in [-0.15, -0.1) is 0 Å². The molecule has 120 valence electrons. The summed E-state index contributed by atoms with van der Waals surface area (Å²) in [7, 11) is 0. The lowest BCUT2D eigenvalue weighted by Crippen LogP contribution is -2.24. The van der Waals surface area contributed by atoms with E-state index in [9.17, 15) is 9.59 Å². The van der Waals surface area contributed by atoms with Crippen LogP contribution in [0.1, 0.15) is 22.8 Å². The highest BCUT2D eigenvalue weighted by atomic mass is 32.2. The molecule has 23 heavy (non-hydrogen) atoms. The molecule has 0 radical (unpaired) electrons. The first-order chi connectivity index (χ1) is 11.2. The highest BCUT2D eigenvalue weighted by Gasteiger charge is 2.08. The molecule has 5 heteroatoms. The molecule has 0 heterocycles. The third kappa shape index (κ3) is 5.45. The molecule has 0 atom stereocenters. The number of ether oxygens (including phenoxy) is 1. The number of hydrogen-bond acceptors (Lipinski definition) is 4. The van der Waals surface area contributed by atoms with Gasteiger partial charge < -0.3 is 10.1 Å². The molecule has 0 aliphatic heterocycles. The van der Waals surface area contributed by atoms with Crippen molar-refractivity contribution in [1.29, 1.82) is 0 Å². The number of carbonyl (C=O) groups excluding carboxylic acids is 2. The second-order valence-corrected chi connectivity index (χ2v) is 5.95. The average Bonchev–Trinajstić information content (AvgIpc) is 2.60. The average molecular weight is 329 g/mol. The van der Waals surface area contributed by atoms with Gasteiger partial charge in [-0.1, -0.05) is 49.0 Å². The predicted molar refractivity (Wildman–Crippen MR) is 93.3 cm³/mol. The topological polar surface area (TPSA) is 55.4 Å². The second kappa shape index (κ2) is 9.00. The molecule has 2 aromatic carbocycles. The molecule has 0 bridgehead atoms. The molecule has 0 saturated carbocycles. The van der Waals surface area contributed by atoms with Gasteiger partial charge in [-0.25, -0.2) is 0 Å². The molecular formula is C18H19NO3S. The van der Waals surface area contributed by atoms with Crippen molar-refractivity contribution in [3.8, 4) is 5.75 Å². The molecule has 0 saturated heterocycles. The smallest absolute Gasteiger partial charge is 0.279 e. The van der Waals surface area contributed by atoms with Gasteiger partial charge in [0.25, 0.3) is 5.24 Å².